The average molecular weight is 662 g/mol. The fourth-order valence-corrected chi connectivity index (χ4v) is 4.96. The summed E-state index contributed by atoms with van der Waals surface area (Å²) in [5, 5.41) is 2.46. The van der Waals surface area contributed by atoms with Crippen LogP contribution in [0, 0.1) is 0 Å². The Morgan fingerprint density at radius 2 is 0.826 bits per heavy atom. The van der Waals surface area contributed by atoms with E-state index < -0.39 is 0 Å². The molecule has 2 heterocycles. The topological polar surface area (TPSA) is 133 Å². The maximum absolute atomic E-state index is 6.17. The van der Waals surface area contributed by atoms with Crippen LogP contribution in [0.1, 0.15) is 0 Å². The van der Waals surface area contributed by atoms with Gasteiger partial charge in [0, 0.05) is 46.7 Å². The number of rotatable bonds is 8. The molecule has 0 atom stereocenters. The van der Waals surface area contributed by atoms with Crippen LogP contribution in [-0.2, 0) is 0 Å². The van der Waals surface area contributed by atoms with Gasteiger partial charge in [-0.1, -0.05) is 23.2 Å². The van der Waals surface area contributed by atoms with E-state index in [1.807, 2.05) is 12.1 Å². The van der Waals surface area contributed by atoms with Crippen molar-refractivity contribution in [1.82, 2.24) is 9.97 Å². The number of aromatic nitrogens is 2. The van der Waals surface area contributed by atoms with Crippen molar-refractivity contribution < 1.29 is 28.4 Å². The second-order valence-corrected chi connectivity index (χ2v) is 10.5. The normalized spacial score (nSPS) is 10.6. The van der Waals surface area contributed by atoms with Crippen molar-refractivity contribution in [2.75, 3.05) is 39.9 Å². The Morgan fingerprint density at radius 1 is 0.457 bits per heavy atom. The Labute approximate surface area is 275 Å². The summed E-state index contributed by atoms with van der Waals surface area (Å²) in [4.78, 5) is 8.67. The van der Waals surface area contributed by atoms with Crippen LogP contribution in [0.5, 0.6) is 46.0 Å². The Balaban J connectivity index is 0.000000181. The molecule has 46 heavy (non-hydrogen) atoms. The van der Waals surface area contributed by atoms with Crippen LogP contribution in [0.2, 0.25) is 10.0 Å². The number of methoxy groups -OCH3 is 4. The number of fused-ring (bicyclic) bond motifs is 2. The second-order valence-electron chi connectivity index (χ2n) is 9.65. The summed E-state index contributed by atoms with van der Waals surface area (Å²) in [5.41, 5.74) is 14.0. The van der Waals surface area contributed by atoms with Gasteiger partial charge in [-0.05, 0) is 60.7 Å². The van der Waals surface area contributed by atoms with Crippen molar-refractivity contribution >= 4 is 56.4 Å². The van der Waals surface area contributed by atoms with Crippen molar-refractivity contribution in [2.24, 2.45) is 0 Å². The van der Waals surface area contributed by atoms with Gasteiger partial charge >= 0.3 is 0 Å². The highest BCUT2D eigenvalue weighted by molar-refractivity contribution is 6.32. The first-order valence-electron chi connectivity index (χ1n) is 13.7. The van der Waals surface area contributed by atoms with Gasteiger partial charge in [-0.25, -0.2) is 0 Å². The molecular formula is C34H30Cl2N4O6. The molecule has 6 aromatic rings. The number of nitrogens with zero attached hydrogens (tertiary/aromatic N) is 2. The Kier molecular flexibility index (Phi) is 9.90. The summed E-state index contributed by atoms with van der Waals surface area (Å²) in [6, 6.07) is 21.0. The van der Waals surface area contributed by atoms with E-state index in [2.05, 4.69) is 9.97 Å². The zero-order valence-corrected chi connectivity index (χ0v) is 26.8. The fraction of sp³-hybridized carbons (Fsp3) is 0.118. The van der Waals surface area contributed by atoms with E-state index in [0.717, 1.165) is 21.8 Å². The van der Waals surface area contributed by atoms with Crippen LogP contribution < -0.4 is 39.9 Å². The van der Waals surface area contributed by atoms with Gasteiger partial charge in [-0.15, -0.1) is 0 Å². The number of hydrogen-bond donors (Lipinski definition) is 2. The van der Waals surface area contributed by atoms with Gasteiger partial charge in [0.1, 0.15) is 23.0 Å². The SMILES string of the molecule is COc1cc2nccc(Oc3ccc(N)cc3Cl)c2cc1OC.COc1cc2nccc(Oc3ccc(N)cc3Cl)c2cc1OC. The summed E-state index contributed by atoms with van der Waals surface area (Å²) < 4.78 is 33.1. The molecule has 0 amide bonds. The van der Waals surface area contributed by atoms with Crippen LogP contribution in [0.25, 0.3) is 21.8 Å². The molecule has 0 aliphatic rings. The molecule has 0 bridgehead atoms. The summed E-state index contributed by atoms with van der Waals surface area (Å²) in [5.74, 6) is 4.67. The van der Waals surface area contributed by atoms with E-state index in [1.165, 1.54) is 0 Å². The van der Waals surface area contributed by atoms with Gasteiger partial charge in [-0.2, -0.15) is 0 Å². The molecule has 2 aromatic heterocycles. The zero-order chi connectivity index (χ0) is 32.8. The predicted molar refractivity (Wildman–Crippen MR) is 182 cm³/mol. The van der Waals surface area contributed by atoms with Gasteiger partial charge in [0.05, 0.1) is 49.5 Å². The minimum absolute atomic E-state index is 0.440. The van der Waals surface area contributed by atoms with Gasteiger partial charge in [-0.3, -0.25) is 9.97 Å². The predicted octanol–water partition coefficient (Wildman–Crippen LogP) is 8.56. The summed E-state index contributed by atoms with van der Waals surface area (Å²) in [6.07, 6.45) is 3.32. The highest BCUT2D eigenvalue weighted by Crippen LogP contribution is 2.40. The van der Waals surface area contributed by atoms with Crippen molar-refractivity contribution in [3.8, 4) is 46.0 Å². The number of ether oxygens (including phenoxy) is 6. The highest BCUT2D eigenvalue weighted by Gasteiger charge is 2.14. The third kappa shape index (κ3) is 6.98. The third-order valence-corrected chi connectivity index (χ3v) is 7.36. The number of benzene rings is 4. The maximum atomic E-state index is 6.17. The summed E-state index contributed by atoms with van der Waals surface area (Å²) >= 11 is 12.3. The van der Waals surface area contributed by atoms with Crippen LogP contribution in [0.3, 0.4) is 0 Å². The minimum atomic E-state index is 0.440. The molecule has 10 nitrogen and oxygen atoms in total. The number of nitrogen functional groups attached to an aromatic ring is 2. The van der Waals surface area contributed by atoms with Crippen molar-refractivity contribution in [3.05, 3.63) is 95.2 Å². The molecule has 0 spiro atoms. The van der Waals surface area contributed by atoms with Crippen molar-refractivity contribution in [3.63, 3.8) is 0 Å². The molecule has 0 saturated heterocycles. The van der Waals surface area contributed by atoms with E-state index in [-0.39, 0.29) is 0 Å². The molecule has 236 valence electrons. The molecule has 0 unspecified atom stereocenters. The van der Waals surface area contributed by atoms with Gasteiger partial charge < -0.3 is 39.9 Å². The standard InChI is InChI=1S/2C17H15ClN2O3/c2*1-21-16-8-11-13(9-17(16)22-2)20-6-5-14(11)23-15-4-3-10(19)7-12(15)18/h2*3-9H,19H2,1-2H3. The first kappa shape index (κ1) is 32.1. The van der Waals surface area contributed by atoms with Crippen LogP contribution in [0.15, 0.2) is 85.2 Å². The van der Waals surface area contributed by atoms with E-state index in [4.69, 9.17) is 63.1 Å². The molecule has 0 aliphatic carbocycles. The van der Waals surface area contributed by atoms with Crippen LogP contribution in [0.4, 0.5) is 11.4 Å². The number of nitrogens with two attached hydrogens (primary N) is 2. The lowest BCUT2D eigenvalue weighted by Crippen LogP contribution is -1.94. The lowest BCUT2D eigenvalue weighted by Gasteiger charge is -2.13. The third-order valence-electron chi connectivity index (χ3n) is 6.77. The maximum Gasteiger partial charge on any atom is 0.162 e. The van der Waals surface area contributed by atoms with E-state index in [0.29, 0.717) is 67.4 Å². The first-order chi connectivity index (χ1) is 22.2. The molecule has 0 radical (unpaired) electrons. The van der Waals surface area contributed by atoms with Crippen LogP contribution >= 0.6 is 23.2 Å². The largest absolute Gasteiger partial charge is 0.493 e. The zero-order valence-electron chi connectivity index (χ0n) is 25.3. The molecule has 4 N–H and O–H groups in total. The average Bonchev–Trinajstić information content (AvgIpc) is 3.06. The van der Waals surface area contributed by atoms with Crippen LogP contribution in [-0.4, -0.2) is 38.4 Å². The molecular weight excluding hydrogens is 631 g/mol. The molecule has 0 aliphatic heterocycles. The minimum Gasteiger partial charge on any atom is -0.493 e. The van der Waals surface area contributed by atoms with Crippen molar-refractivity contribution in [1.29, 1.82) is 0 Å². The number of hydrogen-bond acceptors (Lipinski definition) is 10. The van der Waals surface area contributed by atoms with Gasteiger partial charge in [0.15, 0.2) is 23.0 Å². The van der Waals surface area contributed by atoms with Crippen molar-refractivity contribution in [2.45, 2.75) is 0 Å². The Hall–Kier alpha value is -5.32. The first-order valence-corrected chi connectivity index (χ1v) is 14.5. The van der Waals surface area contributed by atoms with E-state index in [9.17, 15) is 0 Å². The number of pyridine rings is 2. The quantitative estimate of drug-likeness (QED) is 0.153. The molecule has 0 fully saturated rings. The molecule has 0 saturated carbocycles. The summed E-state index contributed by atoms with van der Waals surface area (Å²) in [6.45, 7) is 0. The van der Waals surface area contributed by atoms with Gasteiger partial charge in [0.2, 0.25) is 0 Å². The molecule has 4 aromatic carbocycles. The van der Waals surface area contributed by atoms with E-state index in [1.54, 1.807) is 101 Å². The smallest absolute Gasteiger partial charge is 0.162 e. The number of halogens is 2. The van der Waals surface area contributed by atoms with Gasteiger partial charge in [0.25, 0.3) is 0 Å². The Morgan fingerprint density at radius 3 is 1.17 bits per heavy atom. The highest BCUT2D eigenvalue weighted by atomic mass is 35.5. The van der Waals surface area contributed by atoms with E-state index >= 15 is 0 Å². The molecule has 12 heteroatoms. The Bertz CT molecular complexity index is 1880. The summed E-state index contributed by atoms with van der Waals surface area (Å²) in [7, 11) is 6.32. The lowest BCUT2D eigenvalue weighted by atomic mass is 10.2. The molecule has 6 rings (SSSR count). The number of anilines is 2. The second kappa shape index (κ2) is 14.2. The monoisotopic (exact) mass is 660 g/mol. The lowest BCUT2D eigenvalue weighted by molar-refractivity contribution is 0.355. The fourth-order valence-electron chi connectivity index (χ4n) is 4.51.